The Morgan fingerprint density at radius 1 is 1.60 bits per heavy atom. The second kappa shape index (κ2) is 4.19. The van der Waals surface area contributed by atoms with Crippen LogP contribution >= 0.6 is 0 Å². The number of nitrogens with zero attached hydrogens (tertiary/aromatic N) is 2. The Morgan fingerprint density at radius 3 is 2.67 bits per heavy atom. The minimum atomic E-state index is -4.51. The standard InChI is InChI=1S/C8H12F3N3O/c1-14-4-5(6(12)2-3-15)7(13-14)8(9,10)11/h4,6,15H,2-3,12H2,1H3. The van der Waals surface area contributed by atoms with Crippen LogP contribution in [0.15, 0.2) is 6.20 Å². The second-order valence-corrected chi connectivity index (χ2v) is 3.22. The lowest BCUT2D eigenvalue weighted by Crippen LogP contribution is -2.17. The number of aliphatic hydroxyl groups excluding tert-OH is 1. The van der Waals surface area contributed by atoms with Crippen LogP contribution in [-0.4, -0.2) is 21.5 Å². The average molecular weight is 223 g/mol. The molecule has 15 heavy (non-hydrogen) atoms. The van der Waals surface area contributed by atoms with Crippen molar-refractivity contribution in [2.45, 2.75) is 18.6 Å². The molecule has 0 fully saturated rings. The van der Waals surface area contributed by atoms with E-state index in [9.17, 15) is 13.2 Å². The van der Waals surface area contributed by atoms with Crippen LogP contribution in [0, 0.1) is 0 Å². The van der Waals surface area contributed by atoms with Crippen molar-refractivity contribution in [3.8, 4) is 0 Å². The summed E-state index contributed by atoms with van der Waals surface area (Å²) >= 11 is 0. The molecule has 0 amide bonds. The molecule has 0 aromatic carbocycles. The topological polar surface area (TPSA) is 64.1 Å². The Morgan fingerprint density at radius 2 is 2.20 bits per heavy atom. The van der Waals surface area contributed by atoms with Crippen molar-refractivity contribution in [2.75, 3.05) is 6.61 Å². The SMILES string of the molecule is Cn1cc(C(N)CCO)c(C(F)(F)F)n1. The van der Waals surface area contributed by atoms with Gasteiger partial charge in [0.25, 0.3) is 0 Å². The molecule has 0 aliphatic heterocycles. The van der Waals surface area contributed by atoms with Gasteiger partial charge in [-0.05, 0) is 6.42 Å². The van der Waals surface area contributed by atoms with E-state index in [0.717, 1.165) is 4.68 Å². The summed E-state index contributed by atoms with van der Waals surface area (Å²) in [5, 5.41) is 11.9. The highest BCUT2D eigenvalue weighted by atomic mass is 19.4. The van der Waals surface area contributed by atoms with E-state index in [4.69, 9.17) is 10.8 Å². The molecule has 1 unspecified atom stereocenters. The van der Waals surface area contributed by atoms with Crippen molar-refractivity contribution in [3.63, 3.8) is 0 Å². The molecular formula is C8H12F3N3O. The third kappa shape index (κ3) is 2.69. The average Bonchev–Trinajstić information content (AvgIpc) is 2.47. The van der Waals surface area contributed by atoms with E-state index in [-0.39, 0.29) is 18.6 Å². The molecule has 1 rings (SSSR count). The zero-order valence-electron chi connectivity index (χ0n) is 8.12. The van der Waals surface area contributed by atoms with Crippen molar-refractivity contribution in [1.82, 2.24) is 9.78 Å². The Balaban J connectivity index is 3.06. The monoisotopic (exact) mass is 223 g/mol. The van der Waals surface area contributed by atoms with Crippen LogP contribution in [0.5, 0.6) is 0 Å². The Kier molecular flexibility index (Phi) is 3.35. The van der Waals surface area contributed by atoms with Crippen molar-refractivity contribution in [1.29, 1.82) is 0 Å². The van der Waals surface area contributed by atoms with Gasteiger partial charge in [-0.25, -0.2) is 0 Å². The third-order valence-corrected chi connectivity index (χ3v) is 1.97. The Bertz CT molecular complexity index is 334. The van der Waals surface area contributed by atoms with Gasteiger partial charge in [0, 0.05) is 31.5 Å². The zero-order chi connectivity index (χ0) is 11.6. The summed E-state index contributed by atoms with van der Waals surface area (Å²) < 4.78 is 38.5. The fourth-order valence-corrected chi connectivity index (χ4v) is 1.29. The van der Waals surface area contributed by atoms with Crippen LogP contribution in [0.25, 0.3) is 0 Å². The van der Waals surface area contributed by atoms with E-state index in [0.29, 0.717) is 0 Å². The lowest BCUT2D eigenvalue weighted by atomic mass is 10.1. The molecule has 0 saturated carbocycles. The largest absolute Gasteiger partial charge is 0.435 e. The molecule has 86 valence electrons. The predicted octanol–water partition coefficient (Wildman–Crippen LogP) is 0.821. The maximum Gasteiger partial charge on any atom is 0.435 e. The molecule has 1 aromatic heterocycles. The minimum absolute atomic E-state index is 0.0781. The van der Waals surface area contributed by atoms with Gasteiger partial charge in [-0.1, -0.05) is 0 Å². The van der Waals surface area contributed by atoms with Crippen LogP contribution in [0.4, 0.5) is 13.2 Å². The van der Waals surface area contributed by atoms with E-state index in [1.165, 1.54) is 13.2 Å². The molecule has 0 radical (unpaired) electrons. The molecule has 1 aromatic rings. The van der Waals surface area contributed by atoms with E-state index in [1.807, 2.05) is 0 Å². The van der Waals surface area contributed by atoms with Crippen LogP contribution in [0.2, 0.25) is 0 Å². The van der Waals surface area contributed by atoms with Gasteiger partial charge >= 0.3 is 6.18 Å². The molecule has 4 nitrogen and oxygen atoms in total. The third-order valence-electron chi connectivity index (χ3n) is 1.97. The van der Waals surface area contributed by atoms with Gasteiger partial charge in [0.2, 0.25) is 0 Å². The number of aliphatic hydroxyl groups is 1. The van der Waals surface area contributed by atoms with Gasteiger partial charge in [0.1, 0.15) is 0 Å². The normalized spacial score (nSPS) is 14.3. The molecule has 1 heterocycles. The summed E-state index contributed by atoms with van der Waals surface area (Å²) in [7, 11) is 1.39. The number of hydrogen-bond acceptors (Lipinski definition) is 3. The Hall–Kier alpha value is -1.08. The number of hydrogen-bond donors (Lipinski definition) is 2. The van der Waals surface area contributed by atoms with Gasteiger partial charge in [-0.2, -0.15) is 18.3 Å². The van der Waals surface area contributed by atoms with Gasteiger partial charge in [0.15, 0.2) is 5.69 Å². The maximum absolute atomic E-state index is 12.5. The van der Waals surface area contributed by atoms with E-state index >= 15 is 0 Å². The summed E-state index contributed by atoms with van der Waals surface area (Å²) in [6.07, 6.45) is -3.21. The van der Waals surface area contributed by atoms with E-state index in [1.54, 1.807) is 0 Å². The second-order valence-electron chi connectivity index (χ2n) is 3.22. The number of alkyl halides is 3. The fraction of sp³-hybridized carbons (Fsp3) is 0.625. The number of nitrogens with two attached hydrogens (primary N) is 1. The predicted molar refractivity (Wildman–Crippen MR) is 46.8 cm³/mol. The quantitative estimate of drug-likeness (QED) is 0.797. The highest BCUT2D eigenvalue weighted by molar-refractivity contribution is 5.23. The molecule has 0 aliphatic carbocycles. The molecule has 3 N–H and O–H groups in total. The van der Waals surface area contributed by atoms with Crippen LogP contribution in [0.3, 0.4) is 0 Å². The first kappa shape index (κ1) is 12.0. The minimum Gasteiger partial charge on any atom is -0.396 e. The first-order valence-corrected chi connectivity index (χ1v) is 4.33. The maximum atomic E-state index is 12.5. The van der Waals surface area contributed by atoms with Crippen LogP contribution in [-0.2, 0) is 13.2 Å². The summed E-state index contributed by atoms with van der Waals surface area (Å²) in [6, 6.07) is -0.847. The highest BCUT2D eigenvalue weighted by Crippen LogP contribution is 2.33. The van der Waals surface area contributed by atoms with Crippen molar-refractivity contribution in [2.24, 2.45) is 12.8 Å². The summed E-state index contributed by atoms with van der Waals surface area (Å²) in [5.74, 6) is 0. The van der Waals surface area contributed by atoms with Crippen molar-refractivity contribution in [3.05, 3.63) is 17.5 Å². The molecule has 0 aliphatic rings. The molecule has 7 heteroatoms. The molecular weight excluding hydrogens is 211 g/mol. The number of aryl methyl sites for hydroxylation is 1. The van der Waals surface area contributed by atoms with Gasteiger partial charge in [-0.3, -0.25) is 4.68 Å². The van der Waals surface area contributed by atoms with Crippen molar-refractivity contribution >= 4 is 0 Å². The molecule has 0 spiro atoms. The van der Waals surface area contributed by atoms with Gasteiger partial charge in [0.05, 0.1) is 0 Å². The van der Waals surface area contributed by atoms with Gasteiger partial charge < -0.3 is 10.8 Å². The highest BCUT2D eigenvalue weighted by Gasteiger charge is 2.38. The van der Waals surface area contributed by atoms with Crippen LogP contribution in [0.1, 0.15) is 23.7 Å². The molecule has 1 atom stereocenters. The Labute approximate surface area is 84.5 Å². The lowest BCUT2D eigenvalue weighted by Gasteiger charge is -2.11. The smallest absolute Gasteiger partial charge is 0.396 e. The molecule has 0 bridgehead atoms. The van der Waals surface area contributed by atoms with Crippen LogP contribution < -0.4 is 5.73 Å². The van der Waals surface area contributed by atoms with E-state index < -0.39 is 17.9 Å². The first-order chi connectivity index (χ1) is 6.86. The number of halogens is 3. The zero-order valence-corrected chi connectivity index (χ0v) is 8.12. The van der Waals surface area contributed by atoms with Crippen molar-refractivity contribution < 1.29 is 18.3 Å². The summed E-state index contributed by atoms with van der Waals surface area (Å²) in [4.78, 5) is 0. The summed E-state index contributed by atoms with van der Waals surface area (Å²) in [5.41, 5.74) is 4.44. The lowest BCUT2D eigenvalue weighted by molar-refractivity contribution is -0.142. The first-order valence-electron chi connectivity index (χ1n) is 4.33. The van der Waals surface area contributed by atoms with Gasteiger partial charge in [-0.15, -0.1) is 0 Å². The summed E-state index contributed by atoms with van der Waals surface area (Å²) in [6.45, 7) is -0.257. The number of aromatic nitrogens is 2. The number of rotatable bonds is 3. The fourth-order valence-electron chi connectivity index (χ4n) is 1.29. The van der Waals surface area contributed by atoms with E-state index in [2.05, 4.69) is 5.10 Å². The molecule has 0 saturated heterocycles.